The van der Waals surface area contributed by atoms with E-state index in [1.165, 1.54) is 80.4 Å². The maximum Gasteiger partial charge on any atom is 0.285 e. The number of fused-ring (bicyclic) bond motifs is 6. The van der Waals surface area contributed by atoms with Gasteiger partial charge in [0.15, 0.2) is 24.5 Å². The lowest BCUT2D eigenvalue weighted by Crippen LogP contribution is -2.68. The van der Waals surface area contributed by atoms with Crippen LogP contribution < -0.4 is 47.1 Å². The summed E-state index contributed by atoms with van der Waals surface area (Å²) in [4.78, 5) is 27.9. The van der Waals surface area contributed by atoms with Crippen LogP contribution in [-0.4, -0.2) is 44.5 Å². The maximum absolute atomic E-state index is 12.1. The first-order valence-corrected chi connectivity index (χ1v) is 33.3. The molecule has 454 valence electrons. The molecule has 6 aliphatic rings. The summed E-state index contributed by atoms with van der Waals surface area (Å²) in [7, 11) is -5.77. The molecule has 24 heteroatoms. The van der Waals surface area contributed by atoms with E-state index in [0.717, 1.165) is 71.7 Å². The molecule has 2 fully saturated rings. The molecule has 0 saturated heterocycles. The molecule has 2 aliphatic carbocycles. The number of rotatable bonds is 10. The van der Waals surface area contributed by atoms with E-state index in [9.17, 15) is 20.2 Å². The lowest BCUT2D eigenvalue weighted by Gasteiger charge is -2.36. The first-order valence-electron chi connectivity index (χ1n) is 27.7. The normalized spacial score (nSPS) is 19.7. The molecule has 5 aromatic carbocycles. The predicted molar refractivity (Wildman–Crippen MR) is 320 cm³/mol. The van der Waals surface area contributed by atoms with Crippen molar-refractivity contribution in [2.75, 3.05) is 23.9 Å². The number of likely N-dealkylation sites (N-methyl/N-ethyl adjacent to an activating group) is 2. The zero-order valence-corrected chi connectivity index (χ0v) is 55.7. The van der Waals surface area contributed by atoms with Gasteiger partial charge in [-0.15, -0.1) is 20.5 Å². The molecule has 2 saturated carbocycles. The Kier molecular flexibility index (Phi) is 19.1. The third kappa shape index (κ3) is 13.2. The molecule has 4 aliphatic heterocycles. The molecule has 0 N–H and O–H groups in total. The lowest BCUT2D eigenvalue weighted by atomic mass is 9.68. The number of hydrogen-bond acceptors (Lipinski definition) is 14. The average Bonchev–Trinajstić information content (AvgIpc) is 1.62. The molecule has 4 heterocycles. The number of anilines is 2. The summed E-state index contributed by atoms with van der Waals surface area (Å²) < 4.78 is 76.0. The minimum atomic E-state index is -4.94. The van der Waals surface area contributed by atoms with Gasteiger partial charge in [-0.2, -0.15) is 9.15 Å². The fraction of sp³-hybridized carbons (Fsp3) is 0.355. The van der Waals surface area contributed by atoms with Crippen LogP contribution >= 0.6 is 63.7 Å². The third-order valence-corrected chi connectivity index (χ3v) is 20.1. The maximum atomic E-state index is 12.1. The Morgan fingerprint density at radius 1 is 0.500 bits per heavy atom. The average molecular weight is 1470 g/mol. The van der Waals surface area contributed by atoms with Gasteiger partial charge >= 0.3 is 0 Å². The van der Waals surface area contributed by atoms with Gasteiger partial charge in [-0.05, 0) is 145 Å². The topological polar surface area (TPSA) is 283 Å². The van der Waals surface area contributed by atoms with Gasteiger partial charge in [-0.3, -0.25) is 20.2 Å². The van der Waals surface area contributed by atoms with Gasteiger partial charge in [0.1, 0.15) is 0 Å². The summed E-state index contributed by atoms with van der Waals surface area (Å²) in [5.41, 5.74) is 15.5. The SMILES string of the molecule is CN1/C(=C/C=C/C2=[N+](Cc3ccc(C[N+]4=C(/C=C/C=C5/N(C)c6cc([N+](=O)[O-])c(Br)cc6C56CCCCC6)C(C)(C)c5cc(Br)ccc54)cc3)c3ccc(Br)cc3C2(C)C)C2(CCCCC2)c2cc(Br)c([N+](=O)[O-])cc21.[O-][Cl+3]([O-])([O-])[O-].[O-][Cl+3]([O-])([O-])[O-]. The predicted octanol–water partition coefficient (Wildman–Crippen LogP) is 7.78. The van der Waals surface area contributed by atoms with E-state index < -0.39 is 20.5 Å². The molecule has 11 rings (SSSR count). The lowest BCUT2D eigenvalue weighted by molar-refractivity contribution is -2.00. The van der Waals surface area contributed by atoms with Crippen LogP contribution in [0.5, 0.6) is 0 Å². The quantitative estimate of drug-likeness (QED) is 0.0733. The van der Waals surface area contributed by atoms with Crippen LogP contribution in [-0.2, 0) is 34.7 Å². The highest BCUT2D eigenvalue weighted by atomic mass is 79.9. The van der Waals surface area contributed by atoms with Gasteiger partial charge in [-0.25, -0.2) is 37.3 Å². The smallest absolute Gasteiger partial charge is 0.285 e. The highest BCUT2D eigenvalue weighted by Crippen LogP contribution is 2.58. The van der Waals surface area contributed by atoms with E-state index in [-0.39, 0.29) is 42.9 Å². The minimum Gasteiger partial charge on any atom is -0.347 e. The standard InChI is InChI=1S/C62H62Br4N6O4.2ClHO4/c1-59(2)43-31-41(63)23-25-49(43)69(55(59)15-13-17-57-61(27-9-7-10-28-61)45-33-47(65)53(71(73)74)35-51(45)67(57)5)37-39-19-21-40(22-20-39)38-70-50-26-24-42(64)32-44(50)60(3,4)56(70)16-14-18-58-62(29-11-8-12-30-62)46-34-48(66)54(72(75)76)36-52(46)68(58)6;2*2-1(3,4)5/h13-26,31-36H,7-12,27-30,37-38H2,1-6H3;2*(H,2,3,4,5)/q+2;;/p-2. The monoisotopic (exact) mass is 1470 g/mol. The van der Waals surface area contributed by atoms with E-state index in [4.69, 9.17) is 37.3 Å². The number of nitro benzene ring substituents is 2. The number of halogens is 6. The summed E-state index contributed by atoms with van der Waals surface area (Å²) in [6.07, 6.45) is 24.4. The van der Waals surface area contributed by atoms with Crippen molar-refractivity contribution in [2.45, 2.75) is 127 Å². The number of hydrogen-bond donors (Lipinski definition) is 0. The van der Waals surface area contributed by atoms with Crippen molar-refractivity contribution in [3.05, 3.63) is 204 Å². The van der Waals surface area contributed by atoms with Gasteiger partial charge in [-0.1, -0.05) is 107 Å². The molecule has 5 aromatic rings. The van der Waals surface area contributed by atoms with E-state index in [1.54, 1.807) is 12.1 Å². The fourth-order valence-corrected chi connectivity index (χ4v) is 15.7. The van der Waals surface area contributed by atoms with Crippen molar-refractivity contribution in [2.24, 2.45) is 0 Å². The number of allylic oxidation sites excluding steroid dienone is 8. The van der Waals surface area contributed by atoms with Crippen LogP contribution in [0.1, 0.15) is 125 Å². The minimum absolute atomic E-state index is 0.0905. The Balaban J connectivity index is 0.000000818. The van der Waals surface area contributed by atoms with E-state index >= 15 is 0 Å². The van der Waals surface area contributed by atoms with Crippen LogP contribution in [0.25, 0.3) is 0 Å². The van der Waals surface area contributed by atoms with Gasteiger partial charge in [0.2, 0.25) is 11.4 Å². The van der Waals surface area contributed by atoms with Crippen molar-refractivity contribution in [1.29, 1.82) is 0 Å². The summed E-state index contributed by atoms with van der Waals surface area (Å²) in [5, 5.41) is 24.1. The van der Waals surface area contributed by atoms with Crippen LogP contribution in [0.15, 0.2) is 151 Å². The Morgan fingerprint density at radius 3 is 1.14 bits per heavy atom. The molecule has 0 radical (unpaired) electrons. The largest absolute Gasteiger partial charge is 0.347 e. The summed E-state index contributed by atoms with van der Waals surface area (Å²) in [6, 6.07) is 29.9. The van der Waals surface area contributed by atoms with Crippen LogP contribution in [0.4, 0.5) is 34.1 Å². The van der Waals surface area contributed by atoms with E-state index in [2.05, 4.69) is 222 Å². The first-order chi connectivity index (χ1) is 40.3. The zero-order valence-electron chi connectivity index (χ0n) is 47.9. The Labute approximate surface area is 536 Å². The second-order valence-electron chi connectivity index (χ2n) is 23.5. The molecule has 0 atom stereocenters. The summed E-state index contributed by atoms with van der Waals surface area (Å²) in [6.45, 7) is 10.6. The molecule has 0 bridgehead atoms. The van der Waals surface area contributed by atoms with Crippen LogP contribution in [0.3, 0.4) is 0 Å². The number of nitro groups is 2. The van der Waals surface area contributed by atoms with E-state index in [1.807, 2.05) is 12.1 Å². The molecule has 18 nitrogen and oxygen atoms in total. The molecule has 86 heavy (non-hydrogen) atoms. The molecule has 0 aromatic heterocycles. The zero-order chi connectivity index (χ0) is 62.6. The van der Waals surface area contributed by atoms with Gasteiger partial charge < -0.3 is 9.80 Å². The van der Waals surface area contributed by atoms with Crippen LogP contribution in [0, 0.1) is 40.7 Å². The Hall–Kier alpha value is -5.02. The Bertz CT molecular complexity index is 3480. The fourth-order valence-electron chi connectivity index (χ4n) is 14.0. The first kappa shape index (κ1) is 65.4. The highest BCUT2D eigenvalue weighted by Gasteiger charge is 2.50. The van der Waals surface area contributed by atoms with Crippen molar-refractivity contribution in [3.63, 3.8) is 0 Å². The Morgan fingerprint density at radius 2 is 0.826 bits per heavy atom. The number of nitrogens with zero attached hydrogens (tertiary/aromatic N) is 6. The van der Waals surface area contributed by atoms with Crippen molar-refractivity contribution >= 4 is 109 Å². The summed E-state index contributed by atoms with van der Waals surface area (Å²) >= 11 is 14.7. The second kappa shape index (κ2) is 25.1. The highest BCUT2D eigenvalue weighted by molar-refractivity contribution is 9.11. The molecule has 0 unspecified atom stereocenters. The van der Waals surface area contributed by atoms with Crippen molar-refractivity contribution in [3.8, 4) is 0 Å². The number of benzene rings is 5. The van der Waals surface area contributed by atoms with Crippen molar-refractivity contribution < 1.29 is 76.8 Å². The molecule has 0 amide bonds. The van der Waals surface area contributed by atoms with Crippen LogP contribution in [0.2, 0.25) is 0 Å². The van der Waals surface area contributed by atoms with Gasteiger partial charge in [0.05, 0.1) is 41.0 Å². The second-order valence-corrected chi connectivity index (χ2v) is 28.5. The third-order valence-electron chi connectivity index (χ3n) is 17.8. The van der Waals surface area contributed by atoms with Gasteiger partial charge in [0.25, 0.3) is 11.4 Å². The molecule has 2 spiro atoms. The van der Waals surface area contributed by atoms with E-state index in [0.29, 0.717) is 22.0 Å². The summed E-state index contributed by atoms with van der Waals surface area (Å²) in [5.74, 6) is 0. The molecular weight excluding hydrogens is 1410 g/mol. The molecular formula is C62H62Br4Cl2N6O12. The van der Waals surface area contributed by atoms with Gasteiger partial charge in [0, 0.05) is 104 Å². The van der Waals surface area contributed by atoms with Crippen molar-refractivity contribution in [1.82, 2.24) is 0 Å².